The maximum atomic E-state index is 15.3. The quantitative estimate of drug-likeness (QED) is 0.0163. The van der Waals surface area contributed by atoms with Gasteiger partial charge in [-0.2, -0.15) is 26.3 Å². The van der Waals surface area contributed by atoms with E-state index in [4.69, 9.17) is 47.1 Å². The molecule has 1 aromatic carbocycles. The summed E-state index contributed by atoms with van der Waals surface area (Å²) in [5.74, 6) is -22.9. The van der Waals surface area contributed by atoms with E-state index in [1.165, 1.54) is 44.2 Å². The third-order valence-electron chi connectivity index (χ3n) is 15.0. The molecule has 0 radical (unpaired) electrons. The highest BCUT2D eigenvalue weighted by Gasteiger charge is 2.45. The first-order chi connectivity index (χ1) is 47.9. The number of carbonyl (C=O) groups is 14. The van der Waals surface area contributed by atoms with Gasteiger partial charge < -0.3 is 111 Å². The topological polar surface area (TPSA) is 604 Å². The number of aliphatic hydroxyl groups is 4. The van der Waals surface area contributed by atoms with Crippen LogP contribution in [-0.2, 0) is 71.9 Å². The number of guanidine groups is 1. The van der Waals surface area contributed by atoms with Crippen molar-refractivity contribution in [3.63, 3.8) is 0 Å². The van der Waals surface area contributed by atoms with E-state index in [2.05, 4.69) is 47.9 Å². The summed E-state index contributed by atoms with van der Waals surface area (Å²) >= 11 is 0. The van der Waals surface area contributed by atoms with E-state index in [9.17, 15) is 99.5 Å². The van der Waals surface area contributed by atoms with E-state index in [1.807, 2.05) is 24.5 Å². The minimum atomic E-state index is -5.08. The summed E-state index contributed by atoms with van der Waals surface area (Å²) in [5.41, 5.74) is 17.0. The van der Waals surface area contributed by atoms with Crippen LogP contribution in [-0.4, -0.2) is 230 Å². The number of carbonyl (C=O) groups excluding carboxylic acids is 12. The van der Waals surface area contributed by atoms with Crippen LogP contribution >= 0.6 is 0 Å². The first-order valence-corrected chi connectivity index (χ1v) is 32.6. The van der Waals surface area contributed by atoms with Crippen LogP contribution in [0.5, 0.6) is 0 Å². The molecule has 0 saturated carbocycles. The third kappa shape index (κ3) is 34.2. The van der Waals surface area contributed by atoms with Gasteiger partial charge >= 0.3 is 30.3 Å². The van der Waals surface area contributed by atoms with Crippen molar-refractivity contribution in [1.82, 2.24) is 58.5 Å². The number of ether oxygens (including phenoxy) is 1. The van der Waals surface area contributed by atoms with Crippen LogP contribution in [0.15, 0.2) is 30.3 Å². The number of hydrogen-bond acceptors (Lipinski definition) is 21. The molecule has 104 heavy (non-hydrogen) atoms. The molecule has 1 heterocycles. The highest BCUT2D eigenvalue weighted by atomic mass is 19.4. The largest absolute Gasteiger partial charge is 0.490 e. The van der Waals surface area contributed by atoms with E-state index in [0.717, 1.165) is 6.92 Å². The lowest BCUT2D eigenvalue weighted by Gasteiger charge is -2.34. The smallest absolute Gasteiger partial charge is 0.475 e. The van der Waals surface area contributed by atoms with Crippen molar-refractivity contribution < 1.29 is 129 Å². The second-order valence-corrected chi connectivity index (χ2v) is 25.7. The number of cyclic esters (lactones) is 1. The Hall–Kier alpha value is -9.55. The number of carboxylic acid groups (broad SMARTS) is 2. The number of benzene rings is 1. The molecule has 42 heteroatoms. The normalized spacial score (nSPS) is 22.9. The molecule has 24 N–H and O–H groups in total. The summed E-state index contributed by atoms with van der Waals surface area (Å²) in [5, 5.41) is 92.5. The molecule has 1 fully saturated rings. The van der Waals surface area contributed by atoms with Gasteiger partial charge in [0.2, 0.25) is 65.0 Å². The molecule has 1 saturated heterocycles. The lowest BCUT2D eigenvalue weighted by Crippen LogP contribution is -2.64. The predicted octanol–water partition coefficient (Wildman–Crippen LogP) is -3.96. The van der Waals surface area contributed by atoms with Crippen LogP contribution in [0.1, 0.15) is 126 Å². The summed E-state index contributed by atoms with van der Waals surface area (Å²) in [6, 6.07) is -10.7. The predicted molar refractivity (Wildman–Crippen MR) is 353 cm³/mol. The number of primary amides is 1. The van der Waals surface area contributed by atoms with Gasteiger partial charge in [-0.05, 0) is 74.2 Å². The van der Waals surface area contributed by atoms with Gasteiger partial charge in [-0.3, -0.25) is 58.1 Å². The van der Waals surface area contributed by atoms with Crippen molar-refractivity contribution in [2.24, 2.45) is 46.8 Å². The Morgan fingerprint density at radius 2 is 1.11 bits per heavy atom. The monoisotopic (exact) mass is 1500 g/mol. The van der Waals surface area contributed by atoms with Gasteiger partial charge in [-0.1, -0.05) is 106 Å². The molecular formula is C62H99F6N15O21. The molecule has 0 bridgehead atoms. The third-order valence-corrected chi connectivity index (χ3v) is 15.0. The Labute approximate surface area is 594 Å². The molecule has 11 amide bonds. The molecule has 2 rings (SSSR count). The number of aliphatic carboxylic acids is 2. The standard InChI is InChI=1S/C58H97N15O17.2C2HF3O2/c1-12-30(10)39-53(85)71-40(31(11)75)52(84)64-24-38(76)69-42(45(78)47(60)79)55(87)68-37(25-74)57(89)90-46(32-17-14-13-15-18-32)43(73-51(83)36(23-28(6)7)66-48(80)33(59)21-26(2)3)56(88)72-41(44(77)29(8)9)54(86)67-35(22-27(4)5)50(82)65-34(49(81)70-39)19-16-20-63-58(61)62;2*3-2(4,5)1(6)7/h13-15,17-18,26-31,33-37,39-46,74-75,77-78H,12,16,19-25,59H2,1-11H3,(H2,60,79)(H,64,84)(H,65,82)(H,66,80)(H,67,86)(H,68,87)(H,69,76)(H,70,81)(H,71,85)(H,72,88)(H,73,83)(H4,61,62,63);2*(H,6,7)/t30-,31-,33+,34+,35-,36-,37-,39-,40-,41-,42-,43-,44+,45-,46+;;/m0../s1. The lowest BCUT2D eigenvalue weighted by atomic mass is 9.95. The summed E-state index contributed by atoms with van der Waals surface area (Å²) in [7, 11) is 0. The number of carboxylic acids is 2. The van der Waals surface area contributed by atoms with Crippen molar-refractivity contribution in [2.45, 2.75) is 212 Å². The summed E-state index contributed by atoms with van der Waals surface area (Å²) in [6.45, 7) is 15.4. The Morgan fingerprint density at radius 3 is 1.57 bits per heavy atom. The number of amides is 11. The average Bonchev–Trinajstić information content (AvgIpc) is 0.826. The average molecular weight is 1500 g/mol. The molecule has 15 atom stereocenters. The number of halogens is 6. The van der Waals surface area contributed by atoms with E-state index in [1.54, 1.807) is 41.5 Å². The lowest BCUT2D eigenvalue weighted by molar-refractivity contribution is -0.193. The number of nitrogens with two attached hydrogens (primary N) is 3. The number of hydrogen-bond donors (Lipinski definition) is 21. The van der Waals surface area contributed by atoms with Crippen LogP contribution in [0.3, 0.4) is 0 Å². The van der Waals surface area contributed by atoms with Crippen LogP contribution in [0.25, 0.3) is 0 Å². The van der Waals surface area contributed by atoms with E-state index in [0.29, 0.717) is 0 Å². The molecule has 36 nitrogen and oxygen atoms in total. The van der Waals surface area contributed by atoms with Crippen LogP contribution < -0.4 is 75.7 Å². The molecule has 0 aromatic heterocycles. The van der Waals surface area contributed by atoms with E-state index >= 15 is 4.79 Å². The molecule has 1 aliphatic rings. The second kappa shape index (κ2) is 44.8. The number of rotatable bonds is 23. The van der Waals surface area contributed by atoms with Gasteiger partial charge in [0.25, 0.3) is 0 Å². The molecular weight excluding hydrogens is 1400 g/mol. The zero-order chi connectivity index (χ0) is 80.6. The first-order valence-electron chi connectivity index (χ1n) is 32.6. The van der Waals surface area contributed by atoms with Crippen LogP contribution in [0.4, 0.5) is 26.3 Å². The Bertz CT molecular complexity index is 3050. The Morgan fingerprint density at radius 1 is 0.625 bits per heavy atom. The van der Waals surface area contributed by atoms with Crippen molar-refractivity contribution in [3.8, 4) is 0 Å². The highest BCUT2D eigenvalue weighted by molar-refractivity contribution is 6.00. The molecule has 0 spiro atoms. The highest BCUT2D eigenvalue weighted by Crippen LogP contribution is 2.25. The first kappa shape index (κ1) is 94.5. The minimum absolute atomic E-state index is 0.0148. The summed E-state index contributed by atoms with van der Waals surface area (Å²) in [6.07, 6.45) is -18.2. The van der Waals surface area contributed by atoms with Crippen molar-refractivity contribution >= 4 is 88.8 Å². The van der Waals surface area contributed by atoms with Gasteiger partial charge in [0.05, 0.1) is 31.4 Å². The fourth-order valence-electron chi connectivity index (χ4n) is 9.28. The number of nitrogens with one attached hydrogen (secondary N) is 12. The summed E-state index contributed by atoms with van der Waals surface area (Å²) in [4.78, 5) is 188. The van der Waals surface area contributed by atoms with Gasteiger partial charge in [-0.25, -0.2) is 14.4 Å². The Balaban J connectivity index is 0.00000682. The zero-order valence-corrected chi connectivity index (χ0v) is 59.0. The molecule has 1 aliphatic heterocycles. The fourth-order valence-corrected chi connectivity index (χ4v) is 9.28. The number of alkyl halides is 6. The van der Waals surface area contributed by atoms with Gasteiger partial charge in [0.1, 0.15) is 48.3 Å². The van der Waals surface area contributed by atoms with Gasteiger partial charge in [0, 0.05) is 6.54 Å². The number of esters is 1. The van der Waals surface area contributed by atoms with E-state index < -0.39 is 211 Å². The van der Waals surface area contributed by atoms with E-state index in [-0.39, 0.29) is 68.4 Å². The minimum Gasteiger partial charge on any atom is -0.475 e. The number of aliphatic hydroxyl groups excluding tert-OH is 4. The Kier molecular flexibility index (Phi) is 40.7. The second-order valence-electron chi connectivity index (χ2n) is 25.7. The molecule has 1 aromatic rings. The van der Waals surface area contributed by atoms with Gasteiger partial charge in [0.15, 0.2) is 24.2 Å². The zero-order valence-electron chi connectivity index (χ0n) is 59.0. The fraction of sp³-hybridized carbons (Fsp3) is 0.661. The SMILES string of the molecule is CC[C@H](C)[C@@H]1NC(=O)[C@@H](CCCNC(=N)N)NC(=O)[C@H](CC(C)C)NC(=O)[C@H]([C@H](O)C(C)C)NC(=O)[C@@H](NC(=O)[C@H](CC(C)C)NC(=O)[C@H](N)CC(C)C)[C@@H](c2ccccc2)OC(=O)[C@H](CO)NC(=O)[C@H]([C@H](O)C(N)=O)NC(=O)CNC(=O)[C@H]([C@H](C)O)NC1=O.O=C(O)C(F)(F)F.O=C(O)C(F)(F)F. The van der Waals surface area contributed by atoms with Crippen molar-refractivity contribution in [2.75, 3.05) is 19.7 Å². The van der Waals surface area contributed by atoms with Crippen molar-refractivity contribution in [3.05, 3.63) is 35.9 Å². The van der Waals surface area contributed by atoms with Crippen LogP contribution in [0.2, 0.25) is 0 Å². The molecule has 590 valence electrons. The van der Waals surface area contributed by atoms with Crippen molar-refractivity contribution in [1.29, 1.82) is 5.41 Å². The molecule has 0 aliphatic carbocycles. The maximum absolute atomic E-state index is 15.3. The summed E-state index contributed by atoms with van der Waals surface area (Å²) < 4.78 is 69.4. The van der Waals surface area contributed by atoms with Gasteiger partial charge in [-0.15, -0.1) is 0 Å². The van der Waals surface area contributed by atoms with Crippen LogP contribution in [0, 0.1) is 35.0 Å². The maximum Gasteiger partial charge on any atom is 0.490 e. The molecule has 0 unspecified atom stereocenters.